The van der Waals surface area contributed by atoms with Gasteiger partial charge in [0.05, 0.1) is 50.0 Å². The summed E-state index contributed by atoms with van der Waals surface area (Å²) in [5.41, 5.74) is 7.44. The zero-order valence-corrected chi connectivity index (χ0v) is 29.2. The van der Waals surface area contributed by atoms with Crippen LogP contribution in [0.25, 0.3) is 33.8 Å². The number of nitrogens with zero attached hydrogens (tertiary/aromatic N) is 5. The second-order valence-corrected chi connectivity index (χ2v) is 15.1. The lowest BCUT2D eigenvalue weighted by atomic mass is 9.81. The molecule has 2 aromatic carbocycles. The van der Waals surface area contributed by atoms with Gasteiger partial charge >= 0.3 is 10.2 Å². The maximum absolute atomic E-state index is 13.9. The Morgan fingerprint density at radius 3 is 2.49 bits per heavy atom. The van der Waals surface area contributed by atoms with Gasteiger partial charge in [-0.05, 0) is 71.9 Å². The summed E-state index contributed by atoms with van der Waals surface area (Å²) in [5.74, 6) is 0.232. The second-order valence-electron chi connectivity index (χ2n) is 13.2. The van der Waals surface area contributed by atoms with Crippen LogP contribution in [-0.2, 0) is 28.5 Å². The van der Waals surface area contributed by atoms with Gasteiger partial charge in [-0.2, -0.15) is 17.8 Å². The number of amides is 2. The number of fused-ring (bicyclic) bond motifs is 5. The predicted octanol–water partition coefficient (Wildman–Crippen LogP) is 4.66. The maximum Gasteiger partial charge on any atom is 0.303 e. The molecule has 1 saturated carbocycles. The molecule has 258 valence electrons. The molecule has 7 rings (SSSR count). The highest BCUT2D eigenvalue weighted by Gasteiger charge is 2.32. The van der Waals surface area contributed by atoms with Crippen LogP contribution in [0.1, 0.15) is 75.6 Å². The van der Waals surface area contributed by atoms with Crippen molar-refractivity contribution in [3.8, 4) is 17.0 Å². The van der Waals surface area contributed by atoms with E-state index in [9.17, 15) is 18.0 Å². The van der Waals surface area contributed by atoms with Gasteiger partial charge < -0.3 is 18.9 Å². The number of aromatic nitrogens is 3. The highest BCUT2D eigenvalue weighted by molar-refractivity contribution is 7.87. The van der Waals surface area contributed by atoms with Crippen molar-refractivity contribution >= 4 is 44.6 Å². The van der Waals surface area contributed by atoms with Crippen LogP contribution >= 0.6 is 0 Å². The number of hydrogen-bond acceptors (Lipinski definition) is 7. The molecule has 49 heavy (non-hydrogen) atoms. The molecule has 0 atom stereocenters. The van der Waals surface area contributed by atoms with Crippen molar-refractivity contribution in [2.75, 3.05) is 47.5 Å². The van der Waals surface area contributed by atoms with Crippen LogP contribution in [0.3, 0.4) is 0 Å². The molecule has 1 aliphatic carbocycles. The Labute approximate surface area is 286 Å². The van der Waals surface area contributed by atoms with Crippen LogP contribution in [0.4, 0.5) is 0 Å². The van der Waals surface area contributed by atoms with Gasteiger partial charge in [0.1, 0.15) is 5.75 Å². The van der Waals surface area contributed by atoms with E-state index in [0.717, 1.165) is 63.3 Å². The molecule has 2 amide bonds. The third kappa shape index (κ3) is 6.04. The summed E-state index contributed by atoms with van der Waals surface area (Å²) in [5, 5.41) is 5.59. The summed E-state index contributed by atoms with van der Waals surface area (Å²) in [4.78, 5) is 29.1. The molecular formula is C36H42N6O6S. The van der Waals surface area contributed by atoms with Crippen molar-refractivity contribution in [1.82, 2.24) is 28.3 Å². The smallest absolute Gasteiger partial charge is 0.303 e. The third-order valence-corrected chi connectivity index (χ3v) is 11.4. The summed E-state index contributed by atoms with van der Waals surface area (Å²) < 4.78 is 43.5. The lowest BCUT2D eigenvalue weighted by molar-refractivity contribution is 0.0302. The van der Waals surface area contributed by atoms with Crippen LogP contribution in [0.5, 0.6) is 5.75 Å². The van der Waals surface area contributed by atoms with E-state index in [4.69, 9.17) is 9.47 Å². The van der Waals surface area contributed by atoms with E-state index in [-0.39, 0.29) is 11.5 Å². The second kappa shape index (κ2) is 13.1. The van der Waals surface area contributed by atoms with Crippen molar-refractivity contribution in [2.45, 2.75) is 44.6 Å². The van der Waals surface area contributed by atoms with E-state index < -0.39 is 16.1 Å². The molecule has 0 unspecified atom stereocenters. The molecule has 12 nitrogen and oxygen atoms in total. The molecule has 2 aliphatic heterocycles. The number of allylic oxidation sites excluding steroid dienone is 1. The Morgan fingerprint density at radius 2 is 1.78 bits per heavy atom. The maximum atomic E-state index is 13.9. The van der Waals surface area contributed by atoms with Crippen molar-refractivity contribution in [3.05, 3.63) is 70.5 Å². The fraction of sp³-hybridized carbons (Fsp3) is 0.417. The molecule has 0 radical (unpaired) electrons. The molecular weight excluding hydrogens is 644 g/mol. The summed E-state index contributed by atoms with van der Waals surface area (Å²) in [6, 6.07) is 11.5. The van der Waals surface area contributed by atoms with E-state index in [2.05, 4.69) is 26.5 Å². The lowest BCUT2D eigenvalue weighted by Crippen LogP contribution is -2.41. The summed E-state index contributed by atoms with van der Waals surface area (Å²) in [6.45, 7) is 2.40. The van der Waals surface area contributed by atoms with Gasteiger partial charge in [-0.3, -0.25) is 14.3 Å². The molecule has 2 aromatic heterocycles. The number of nitrogens with one attached hydrogen (secondary N) is 1. The molecule has 0 bridgehead atoms. The van der Waals surface area contributed by atoms with Crippen LogP contribution in [0, 0.1) is 0 Å². The first-order valence-electron chi connectivity index (χ1n) is 16.8. The third-order valence-electron chi connectivity index (χ3n) is 10.0. The fourth-order valence-corrected chi connectivity index (χ4v) is 8.04. The molecule has 4 aromatic rings. The average molecular weight is 687 g/mol. The van der Waals surface area contributed by atoms with Crippen LogP contribution in [-0.4, -0.2) is 91.3 Å². The van der Waals surface area contributed by atoms with Crippen LogP contribution in [0.2, 0.25) is 0 Å². The summed E-state index contributed by atoms with van der Waals surface area (Å²) in [6.07, 6.45) is 9.36. The molecule has 13 heteroatoms. The highest BCUT2D eigenvalue weighted by atomic mass is 32.2. The number of carbonyl (C=O) groups is 2. The van der Waals surface area contributed by atoms with Gasteiger partial charge in [-0.1, -0.05) is 25.3 Å². The van der Waals surface area contributed by atoms with Crippen molar-refractivity contribution in [1.29, 1.82) is 0 Å². The van der Waals surface area contributed by atoms with Gasteiger partial charge in [0.25, 0.3) is 11.8 Å². The molecule has 3 aliphatic rings. The summed E-state index contributed by atoms with van der Waals surface area (Å²) in [7, 11) is 2.25. The topological polar surface area (TPSA) is 128 Å². The zero-order valence-electron chi connectivity index (χ0n) is 28.4. The highest BCUT2D eigenvalue weighted by Crippen LogP contribution is 2.48. The van der Waals surface area contributed by atoms with Gasteiger partial charge in [-0.25, -0.2) is 4.72 Å². The number of hydrogen-bond donors (Lipinski definition) is 1. The largest absolute Gasteiger partial charge is 0.497 e. The minimum absolute atomic E-state index is 0.0936. The number of rotatable bonds is 7. The molecule has 4 heterocycles. The van der Waals surface area contributed by atoms with Crippen molar-refractivity contribution < 1.29 is 27.5 Å². The number of ether oxygens (including phenoxy) is 2. The lowest BCUT2D eigenvalue weighted by Gasteiger charge is -2.27. The first kappa shape index (κ1) is 33.1. The van der Waals surface area contributed by atoms with E-state index in [0.29, 0.717) is 55.8 Å². The first-order valence-corrected chi connectivity index (χ1v) is 18.2. The Balaban J connectivity index is 1.45. The zero-order chi connectivity index (χ0) is 34.4. The number of aryl methyl sites for hydroxylation is 1. The quantitative estimate of drug-likeness (QED) is 0.300. The normalized spacial score (nSPS) is 17.0. The van der Waals surface area contributed by atoms with Gasteiger partial charge in [0.2, 0.25) is 0 Å². The van der Waals surface area contributed by atoms with E-state index in [1.165, 1.54) is 26.1 Å². The number of carbonyl (C=O) groups excluding carboxylic acids is 2. The predicted molar refractivity (Wildman–Crippen MR) is 188 cm³/mol. The average Bonchev–Trinajstić information content (AvgIpc) is 3.59. The minimum Gasteiger partial charge on any atom is -0.497 e. The Hall–Kier alpha value is -4.46. The molecule has 1 saturated heterocycles. The molecule has 1 N–H and O–H groups in total. The fourth-order valence-electron chi connectivity index (χ4n) is 7.51. The standard InChI is InChI=1S/C36H42N6O6S/c1-39(2)49(45,46)38-35(43)24-10-12-29-31(20-24)42-22-26(33-30(21-37-40(33)3)36(44)41-14-16-48-17-15-41)18-25-19-27(47-4)11-13-28(25)34(42)32(29)23-8-6-5-7-9-23/h10-13,18-21,23H,5-9,14-17,22H2,1-4H3,(H,38,43). The van der Waals surface area contributed by atoms with Gasteiger partial charge in [-0.15, -0.1) is 0 Å². The van der Waals surface area contributed by atoms with E-state index in [1.807, 2.05) is 30.1 Å². The number of morpholine rings is 1. The Morgan fingerprint density at radius 1 is 1.02 bits per heavy atom. The first-order chi connectivity index (χ1) is 23.6. The number of methoxy groups -OCH3 is 1. The summed E-state index contributed by atoms with van der Waals surface area (Å²) >= 11 is 0. The van der Waals surface area contributed by atoms with Crippen LogP contribution in [0.15, 0.2) is 42.6 Å². The van der Waals surface area contributed by atoms with Gasteiger partial charge in [0, 0.05) is 56.3 Å². The van der Waals surface area contributed by atoms with E-state index in [1.54, 1.807) is 30.1 Å². The Kier molecular flexibility index (Phi) is 8.84. The number of benzene rings is 2. The van der Waals surface area contributed by atoms with Crippen molar-refractivity contribution in [2.24, 2.45) is 7.05 Å². The van der Waals surface area contributed by atoms with Gasteiger partial charge in [0.15, 0.2) is 0 Å². The SMILES string of the molecule is COc1ccc2c(c1)C=C(c1c(C(=O)N3CCOCC3)cnn1C)Cn1c-2c(C2CCCCC2)c2ccc(C(=O)NS(=O)(=O)N(C)C)cc21. The van der Waals surface area contributed by atoms with E-state index >= 15 is 0 Å². The molecule has 0 spiro atoms. The van der Waals surface area contributed by atoms with Crippen LogP contribution < -0.4 is 9.46 Å². The minimum atomic E-state index is -3.99. The van der Waals surface area contributed by atoms with Crippen molar-refractivity contribution in [3.63, 3.8) is 0 Å². The monoisotopic (exact) mass is 686 g/mol. The molecule has 2 fully saturated rings. The Bertz CT molecular complexity index is 2080.